The number of benzene rings is 1. The minimum absolute atomic E-state index is 0.0381. The van der Waals surface area contributed by atoms with Crippen LogP contribution in [0.1, 0.15) is 43.3 Å². The first-order valence-electron chi connectivity index (χ1n) is 7.66. The number of aromatic hydroxyl groups is 1. The highest BCUT2D eigenvalue weighted by Gasteiger charge is 2.25. The maximum atomic E-state index is 11.8. The normalized spacial score (nSPS) is 12.2. The zero-order valence-corrected chi connectivity index (χ0v) is 13.9. The third-order valence-corrected chi connectivity index (χ3v) is 3.45. The van der Waals surface area contributed by atoms with Crippen molar-refractivity contribution < 1.29 is 19.1 Å². The van der Waals surface area contributed by atoms with Gasteiger partial charge in [0.25, 0.3) is 0 Å². The smallest absolute Gasteiger partial charge is 0.227 e. The molecule has 1 heterocycles. The van der Waals surface area contributed by atoms with Crippen LogP contribution in [0.2, 0.25) is 0 Å². The molecule has 6 nitrogen and oxygen atoms in total. The fourth-order valence-corrected chi connectivity index (χ4v) is 2.48. The van der Waals surface area contributed by atoms with Crippen LogP contribution >= 0.6 is 0 Å². The van der Waals surface area contributed by atoms with Gasteiger partial charge in [0.2, 0.25) is 17.1 Å². The lowest BCUT2D eigenvalue weighted by atomic mass is 9.92. The van der Waals surface area contributed by atoms with Crippen LogP contribution in [0.15, 0.2) is 39.5 Å². The Morgan fingerprint density at radius 2 is 1.92 bits per heavy atom. The molecule has 3 N–H and O–H groups in total. The highest BCUT2D eigenvalue weighted by atomic mass is 16.5. The molecule has 0 spiro atoms. The van der Waals surface area contributed by atoms with Gasteiger partial charge in [-0.15, -0.1) is 0 Å². The van der Waals surface area contributed by atoms with E-state index in [4.69, 9.17) is 14.9 Å². The van der Waals surface area contributed by atoms with Gasteiger partial charge >= 0.3 is 0 Å². The van der Waals surface area contributed by atoms with E-state index in [1.165, 1.54) is 6.07 Å². The van der Waals surface area contributed by atoms with Crippen molar-refractivity contribution in [2.24, 2.45) is 5.73 Å². The van der Waals surface area contributed by atoms with Crippen molar-refractivity contribution in [3.8, 4) is 11.5 Å². The van der Waals surface area contributed by atoms with E-state index in [0.29, 0.717) is 17.1 Å². The van der Waals surface area contributed by atoms with Crippen LogP contribution in [0, 0.1) is 6.92 Å². The molecule has 0 unspecified atom stereocenters. The third-order valence-electron chi connectivity index (χ3n) is 3.45. The van der Waals surface area contributed by atoms with E-state index in [-0.39, 0.29) is 18.3 Å². The van der Waals surface area contributed by atoms with Crippen LogP contribution < -0.4 is 15.9 Å². The molecule has 128 valence electrons. The number of primary amides is 1. The minimum Gasteiger partial charge on any atom is -0.502 e. The van der Waals surface area contributed by atoms with Gasteiger partial charge in [-0.2, -0.15) is 0 Å². The van der Waals surface area contributed by atoms with Crippen molar-refractivity contribution in [2.45, 2.75) is 39.2 Å². The summed E-state index contributed by atoms with van der Waals surface area (Å²) in [7, 11) is 0. The third kappa shape index (κ3) is 4.16. The van der Waals surface area contributed by atoms with E-state index < -0.39 is 23.0 Å². The van der Waals surface area contributed by atoms with Crippen LogP contribution in [0.4, 0.5) is 0 Å². The lowest BCUT2D eigenvalue weighted by Gasteiger charge is -2.17. The molecule has 0 aliphatic heterocycles. The number of amides is 1. The highest BCUT2D eigenvalue weighted by Crippen LogP contribution is 2.33. The zero-order chi connectivity index (χ0) is 17.9. The first-order chi connectivity index (χ1) is 11.3. The van der Waals surface area contributed by atoms with Crippen molar-refractivity contribution in [1.82, 2.24) is 0 Å². The van der Waals surface area contributed by atoms with Gasteiger partial charge in [0, 0.05) is 12.5 Å². The summed E-state index contributed by atoms with van der Waals surface area (Å²) in [5.74, 6) is -0.650. The fourth-order valence-electron chi connectivity index (χ4n) is 2.48. The van der Waals surface area contributed by atoms with Gasteiger partial charge in [-0.05, 0) is 38.5 Å². The van der Waals surface area contributed by atoms with Crippen LogP contribution in [-0.4, -0.2) is 17.1 Å². The van der Waals surface area contributed by atoms with Gasteiger partial charge in [0.1, 0.15) is 11.5 Å². The van der Waals surface area contributed by atoms with E-state index in [9.17, 15) is 14.7 Å². The predicted molar refractivity (Wildman–Crippen MR) is 89.2 cm³/mol. The molecule has 0 aliphatic carbocycles. The van der Waals surface area contributed by atoms with Gasteiger partial charge in [-0.1, -0.05) is 12.1 Å². The molecule has 0 radical (unpaired) electrons. The molecule has 6 heteroatoms. The van der Waals surface area contributed by atoms with E-state index in [0.717, 1.165) is 0 Å². The van der Waals surface area contributed by atoms with Crippen LogP contribution in [0.25, 0.3) is 0 Å². The first kappa shape index (κ1) is 17.6. The molecule has 24 heavy (non-hydrogen) atoms. The van der Waals surface area contributed by atoms with Crippen LogP contribution in [0.3, 0.4) is 0 Å². The molecule has 1 amide bonds. The predicted octanol–water partition coefficient (Wildman–Crippen LogP) is 2.45. The Morgan fingerprint density at radius 1 is 1.29 bits per heavy atom. The summed E-state index contributed by atoms with van der Waals surface area (Å²) in [6.45, 7) is 5.44. The number of nitrogens with two attached hydrogens (primary N) is 1. The summed E-state index contributed by atoms with van der Waals surface area (Å²) < 4.78 is 11.1. The monoisotopic (exact) mass is 331 g/mol. The number of hydrogen-bond acceptors (Lipinski definition) is 5. The number of hydrogen-bond donors (Lipinski definition) is 2. The number of ether oxygens (including phenoxy) is 1. The van der Waals surface area contributed by atoms with Gasteiger partial charge in [0.15, 0.2) is 5.76 Å². The van der Waals surface area contributed by atoms with Crippen LogP contribution in [0.5, 0.6) is 11.5 Å². The topological polar surface area (TPSA) is 103 Å². The fraction of sp³-hybridized carbons (Fsp3) is 0.333. The van der Waals surface area contributed by atoms with Gasteiger partial charge in [0.05, 0.1) is 12.0 Å². The molecule has 2 aromatic rings. The van der Waals surface area contributed by atoms with Gasteiger partial charge < -0.3 is 20.0 Å². The van der Waals surface area contributed by atoms with E-state index in [1.807, 2.05) is 13.8 Å². The van der Waals surface area contributed by atoms with Gasteiger partial charge in [-0.25, -0.2) is 0 Å². The zero-order valence-electron chi connectivity index (χ0n) is 13.9. The standard InChI is InChI=1S/C18H21NO5/c1-10(2)23-13-6-4-12(5-7-13)14(9-16(19)21)18-17(22)15(20)8-11(3)24-18/h4-8,10,14,22H,9H2,1-3H3,(H2,19,21)/t14-/m0/s1. The molecule has 1 aromatic heterocycles. The molecule has 1 atom stereocenters. The maximum Gasteiger partial charge on any atom is 0.227 e. The molecule has 0 bridgehead atoms. The molecule has 1 aromatic carbocycles. The van der Waals surface area contributed by atoms with Crippen molar-refractivity contribution in [2.75, 3.05) is 0 Å². The largest absolute Gasteiger partial charge is 0.502 e. The summed E-state index contributed by atoms with van der Waals surface area (Å²) in [5.41, 5.74) is 5.46. The van der Waals surface area contributed by atoms with Crippen molar-refractivity contribution in [3.63, 3.8) is 0 Å². The summed E-state index contributed by atoms with van der Waals surface area (Å²) >= 11 is 0. The second-order valence-corrected chi connectivity index (χ2v) is 5.89. The minimum atomic E-state index is -0.650. The number of rotatable bonds is 6. The number of carbonyl (C=O) groups excluding carboxylic acids is 1. The maximum absolute atomic E-state index is 11.8. The average Bonchev–Trinajstić information content (AvgIpc) is 2.49. The quantitative estimate of drug-likeness (QED) is 0.846. The summed E-state index contributed by atoms with van der Waals surface area (Å²) in [6, 6.07) is 8.22. The Hall–Kier alpha value is -2.76. The first-order valence-corrected chi connectivity index (χ1v) is 7.66. The van der Waals surface area contributed by atoms with E-state index in [1.54, 1.807) is 31.2 Å². The SMILES string of the molecule is Cc1cc(=O)c(O)c([C@@H](CC(N)=O)c2ccc(OC(C)C)cc2)o1. The summed E-state index contributed by atoms with van der Waals surface area (Å²) in [5, 5.41) is 10.1. The molecular weight excluding hydrogens is 310 g/mol. The van der Waals surface area contributed by atoms with Gasteiger partial charge in [-0.3, -0.25) is 9.59 Å². The van der Waals surface area contributed by atoms with Crippen molar-refractivity contribution >= 4 is 5.91 Å². The Labute approximate surface area is 139 Å². The average molecular weight is 331 g/mol. The molecule has 0 aliphatic rings. The molecule has 0 saturated heterocycles. The van der Waals surface area contributed by atoms with Crippen molar-refractivity contribution in [1.29, 1.82) is 0 Å². The highest BCUT2D eigenvalue weighted by molar-refractivity contribution is 5.75. The molecule has 0 fully saturated rings. The van der Waals surface area contributed by atoms with E-state index in [2.05, 4.69) is 0 Å². The Balaban J connectivity index is 2.46. The second-order valence-electron chi connectivity index (χ2n) is 5.89. The number of aryl methyl sites for hydroxylation is 1. The van der Waals surface area contributed by atoms with Crippen LogP contribution in [-0.2, 0) is 4.79 Å². The summed E-state index contributed by atoms with van der Waals surface area (Å²) in [4.78, 5) is 23.3. The lowest BCUT2D eigenvalue weighted by molar-refractivity contribution is -0.118. The number of carbonyl (C=O) groups is 1. The van der Waals surface area contributed by atoms with Crippen molar-refractivity contribution in [3.05, 3.63) is 57.6 Å². The molecule has 2 rings (SSSR count). The molecular formula is C18H21NO5. The Bertz CT molecular complexity index is 777. The lowest BCUT2D eigenvalue weighted by Crippen LogP contribution is -2.18. The Kier molecular flexibility index (Phi) is 5.28. The summed E-state index contributed by atoms with van der Waals surface area (Å²) in [6.07, 6.45) is -0.0549. The second kappa shape index (κ2) is 7.21. The van der Waals surface area contributed by atoms with E-state index >= 15 is 0 Å². The molecule has 0 saturated carbocycles. The Morgan fingerprint density at radius 3 is 2.46 bits per heavy atom.